The SMILES string of the molecule is CCCn1c(=O)n(C)c(=O)c2c(C(=O)N3C[C@](C)(O)CO3)c(Cc3c(C)n[nH]c3C)sc21. The van der Waals surface area contributed by atoms with Gasteiger partial charge in [-0.3, -0.25) is 28.7 Å². The molecule has 3 aromatic rings. The van der Waals surface area contributed by atoms with Gasteiger partial charge in [0.1, 0.15) is 17.0 Å². The van der Waals surface area contributed by atoms with Crippen molar-refractivity contribution in [1.82, 2.24) is 24.4 Å². The van der Waals surface area contributed by atoms with E-state index in [1.165, 1.54) is 18.4 Å². The topological polar surface area (TPSA) is 122 Å². The summed E-state index contributed by atoms with van der Waals surface area (Å²) >= 11 is 1.27. The van der Waals surface area contributed by atoms with E-state index in [2.05, 4.69) is 10.2 Å². The van der Waals surface area contributed by atoms with Crippen molar-refractivity contribution in [2.24, 2.45) is 7.05 Å². The quantitative estimate of drug-likeness (QED) is 0.590. The van der Waals surface area contributed by atoms with Crippen molar-refractivity contribution in [3.8, 4) is 0 Å². The highest BCUT2D eigenvalue weighted by atomic mass is 32.1. The van der Waals surface area contributed by atoms with Gasteiger partial charge in [0.05, 0.1) is 23.2 Å². The molecular formula is C21H27N5O5S. The number of nitrogens with one attached hydrogen (secondary N) is 1. The lowest BCUT2D eigenvalue weighted by molar-refractivity contribution is -0.0796. The van der Waals surface area contributed by atoms with E-state index in [4.69, 9.17) is 4.84 Å². The monoisotopic (exact) mass is 461 g/mol. The Labute approximate surface area is 188 Å². The van der Waals surface area contributed by atoms with Gasteiger partial charge >= 0.3 is 5.69 Å². The van der Waals surface area contributed by atoms with Gasteiger partial charge < -0.3 is 5.11 Å². The number of β-amino-alcohol motifs (C(OH)–C–C–N with tert-alkyl or cyclic N) is 1. The lowest BCUT2D eigenvalue weighted by Crippen LogP contribution is -2.39. The molecule has 2 N–H and O–H groups in total. The highest BCUT2D eigenvalue weighted by Gasteiger charge is 2.38. The average molecular weight is 462 g/mol. The molecule has 1 atom stereocenters. The number of aryl methyl sites for hydroxylation is 3. The van der Waals surface area contributed by atoms with Crippen LogP contribution in [0.3, 0.4) is 0 Å². The van der Waals surface area contributed by atoms with Crippen molar-refractivity contribution in [3.63, 3.8) is 0 Å². The van der Waals surface area contributed by atoms with Crippen LogP contribution in [0.4, 0.5) is 0 Å². The fourth-order valence-electron chi connectivity index (χ4n) is 4.02. The zero-order valence-electron chi connectivity index (χ0n) is 18.8. The van der Waals surface area contributed by atoms with Crippen LogP contribution in [0.25, 0.3) is 10.2 Å². The van der Waals surface area contributed by atoms with E-state index in [1.807, 2.05) is 20.8 Å². The zero-order chi connectivity index (χ0) is 23.4. The van der Waals surface area contributed by atoms with Crippen LogP contribution < -0.4 is 11.2 Å². The number of carbonyl (C=O) groups is 1. The number of hydroxylamine groups is 2. The smallest absolute Gasteiger partial charge is 0.331 e. The molecule has 1 aliphatic rings. The highest BCUT2D eigenvalue weighted by Crippen LogP contribution is 2.34. The van der Waals surface area contributed by atoms with Crippen LogP contribution in [0.5, 0.6) is 0 Å². The summed E-state index contributed by atoms with van der Waals surface area (Å²) in [5, 5.41) is 18.8. The first-order valence-electron chi connectivity index (χ1n) is 10.5. The van der Waals surface area contributed by atoms with E-state index in [-0.39, 0.29) is 24.1 Å². The summed E-state index contributed by atoms with van der Waals surface area (Å²) in [6, 6.07) is 0. The number of amides is 1. The number of hydrogen-bond donors (Lipinski definition) is 2. The Hall–Kier alpha value is -2.76. The van der Waals surface area contributed by atoms with Crippen LogP contribution in [0.15, 0.2) is 9.59 Å². The van der Waals surface area contributed by atoms with Crippen molar-refractivity contribution in [1.29, 1.82) is 0 Å². The molecule has 4 rings (SSSR count). The summed E-state index contributed by atoms with van der Waals surface area (Å²) in [7, 11) is 1.42. The van der Waals surface area contributed by atoms with Crippen molar-refractivity contribution < 1.29 is 14.7 Å². The first-order chi connectivity index (χ1) is 15.1. The van der Waals surface area contributed by atoms with E-state index in [1.54, 1.807) is 11.5 Å². The molecule has 1 aliphatic heterocycles. The number of thiophene rings is 1. The second-order valence-corrected chi connectivity index (χ2v) is 9.66. The minimum absolute atomic E-state index is 0.0126. The fraction of sp³-hybridized carbons (Fsp3) is 0.524. The van der Waals surface area contributed by atoms with Gasteiger partial charge in [-0.2, -0.15) is 5.10 Å². The number of carbonyl (C=O) groups excluding carboxylic acids is 1. The largest absolute Gasteiger partial charge is 0.386 e. The molecule has 0 aromatic carbocycles. The molecule has 0 bridgehead atoms. The minimum Gasteiger partial charge on any atom is -0.386 e. The number of aromatic nitrogens is 4. The molecule has 11 heteroatoms. The first kappa shape index (κ1) is 22.4. The van der Waals surface area contributed by atoms with Crippen LogP contribution in [0.1, 0.15) is 52.5 Å². The number of H-pyrrole nitrogens is 1. The maximum atomic E-state index is 13.6. The predicted octanol–water partition coefficient (Wildman–Crippen LogP) is 1.24. The molecule has 0 spiro atoms. The summed E-state index contributed by atoms with van der Waals surface area (Å²) in [5.41, 5.74) is 0.723. The number of nitrogens with zero attached hydrogens (tertiary/aromatic N) is 4. The zero-order valence-corrected chi connectivity index (χ0v) is 19.6. The minimum atomic E-state index is -1.17. The maximum Gasteiger partial charge on any atom is 0.331 e. The molecule has 3 aromatic heterocycles. The van der Waals surface area contributed by atoms with E-state index >= 15 is 0 Å². The molecule has 4 heterocycles. The van der Waals surface area contributed by atoms with Gasteiger partial charge in [0.2, 0.25) is 0 Å². The molecule has 172 valence electrons. The summed E-state index contributed by atoms with van der Waals surface area (Å²) < 4.78 is 2.60. The van der Waals surface area contributed by atoms with E-state index in [9.17, 15) is 19.5 Å². The van der Waals surface area contributed by atoms with Gasteiger partial charge in [-0.05, 0) is 27.2 Å². The first-order valence-corrected chi connectivity index (χ1v) is 11.3. The number of fused-ring (bicyclic) bond motifs is 1. The Bertz CT molecular complexity index is 1310. The summed E-state index contributed by atoms with van der Waals surface area (Å²) in [6.45, 7) is 7.70. The van der Waals surface area contributed by atoms with Crippen LogP contribution in [-0.4, -0.2) is 54.2 Å². The van der Waals surface area contributed by atoms with Crippen molar-refractivity contribution in [3.05, 3.63) is 48.2 Å². The Morgan fingerprint density at radius 2 is 2.06 bits per heavy atom. The van der Waals surface area contributed by atoms with E-state index in [0.717, 1.165) is 26.6 Å². The Kier molecular flexibility index (Phi) is 5.60. The summed E-state index contributed by atoms with van der Waals surface area (Å²) in [5.74, 6) is -0.498. The molecule has 0 saturated carbocycles. The van der Waals surface area contributed by atoms with Crippen LogP contribution >= 0.6 is 11.3 Å². The van der Waals surface area contributed by atoms with Gasteiger partial charge in [-0.1, -0.05) is 6.92 Å². The van der Waals surface area contributed by atoms with Gasteiger partial charge in [-0.15, -0.1) is 11.3 Å². The Balaban J connectivity index is 1.99. The molecule has 0 aliphatic carbocycles. The molecule has 32 heavy (non-hydrogen) atoms. The lowest BCUT2D eigenvalue weighted by atomic mass is 10.0. The van der Waals surface area contributed by atoms with Crippen LogP contribution in [0, 0.1) is 13.8 Å². The lowest BCUT2D eigenvalue weighted by Gasteiger charge is -2.16. The molecule has 0 radical (unpaired) electrons. The van der Waals surface area contributed by atoms with Gasteiger partial charge in [0.15, 0.2) is 0 Å². The standard InChI is InChI=1S/C21H27N5O5S/c1-6-7-25-19-16(17(27)24(5)20(25)29)15(18(28)26-9-21(4,30)10-31-26)14(32-19)8-13-11(2)22-23-12(13)3/h30H,6-10H2,1-5H3,(H,22,23)/t21-/m0/s1. The number of rotatable bonds is 5. The molecule has 1 fully saturated rings. The predicted molar refractivity (Wildman–Crippen MR) is 120 cm³/mol. The maximum absolute atomic E-state index is 13.6. The van der Waals surface area contributed by atoms with Gasteiger partial charge in [-0.25, -0.2) is 9.86 Å². The fourth-order valence-corrected chi connectivity index (χ4v) is 5.33. The Morgan fingerprint density at radius 1 is 1.34 bits per heavy atom. The summed E-state index contributed by atoms with van der Waals surface area (Å²) in [4.78, 5) is 46.2. The van der Waals surface area contributed by atoms with Gasteiger partial charge in [0, 0.05) is 36.1 Å². The number of aliphatic hydroxyl groups is 1. The summed E-state index contributed by atoms with van der Waals surface area (Å²) in [6.07, 6.45) is 1.07. The third kappa shape index (κ3) is 3.59. The normalized spacial score (nSPS) is 18.8. The number of aromatic amines is 1. The molecule has 10 nitrogen and oxygen atoms in total. The van der Waals surface area contributed by atoms with Crippen LogP contribution in [0.2, 0.25) is 0 Å². The number of hydrogen-bond acceptors (Lipinski definition) is 7. The van der Waals surface area contributed by atoms with Crippen molar-refractivity contribution in [2.75, 3.05) is 13.2 Å². The van der Waals surface area contributed by atoms with Crippen molar-refractivity contribution >= 4 is 27.5 Å². The van der Waals surface area contributed by atoms with E-state index in [0.29, 0.717) is 29.1 Å². The van der Waals surface area contributed by atoms with E-state index < -0.39 is 22.8 Å². The van der Waals surface area contributed by atoms with Gasteiger partial charge in [0.25, 0.3) is 11.5 Å². The van der Waals surface area contributed by atoms with Crippen molar-refractivity contribution in [2.45, 2.75) is 52.7 Å². The average Bonchev–Trinajstić information content (AvgIpc) is 3.40. The van der Waals surface area contributed by atoms with Crippen LogP contribution in [-0.2, 0) is 24.9 Å². The second-order valence-electron chi connectivity index (χ2n) is 8.58. The third-order valence-electron chi connectivity index (χ3n) is 5.77. The highest BCUT2D eigenvalue weighted by molar-refractivity contribution is 7.19. The molecule has 1 amide bonds. The molecular weight excluding hydrogens is 434 g/mol. The Morgan fingerprint density at radius 3 is 2.62 bits per heavy atom. The molecule has 0 unspecified atom stereocenters. The molecule has 1 saturated heterocycles. The third-order valence-corrected chi connectivity index (χ3v) is 6.98. The second kappa shape index (κ2) is 7.98.